The van der Waals surface area contributed by atoms with Gasteiger partial charge in [0.25, 0.3) is 0 Å². The fraction of sp³-hybridized carbons (Fsp3) is 0.714. The summed E-state index contributed by atoms with van der Waals surface area (Å²) in [5.41, 5.74) is 5.42. The smallest absolute Gasteiger partial charge is 0.239 e. The van der Waals surface area contributed by atoms with Crippen molar-refractivity contribution in [3.63, 3.8) is 0 Å². The van der Waals surface area contributed by atoms with Crippen molar-refractivity contribution in [2.75, 3.05) is 45.1 Å². The Labute approximate surface area is 139 Å². The van der Waals surface area contributed by atoms with Gasteiger partial charge in [-0.1, -0.05) is 0 Å². The van der Waals surface area contributed by atoms with E-state index in [-0.39, 0.29) is 36.1 Å². The minimum atomic E-state index is -0.242. The molecule has 0 aromatic carbocycles. The Balaban J connectivity index is 1.50. The summed E-state index contributed by atoms with van der Waals surface area (Å²) in [7, 11) is 0. The van der Waals surface area contributed by atoms with Crippen LogP contribution in [0.3, 0.4) is 0 Å². The zero-order valence-corrected chi connectivity index (χ0v) is 13.5. The summed E-state index contributed by atoms with van der Waals surface area (Å²) in [6.07, 6.45) is 0.549. The van der Waals surface area contributed by atoms with Gasteiger partial charge in [-0.25, -0.2) is 0 Å². The zero-order valence-electron chi connectivity index (χ0n) is 13.5. The Hall–Kier alpha value is -2.20. The molecular formula is C14H23N7O3. The largest absolute Gasteiger partial charge is 0.378 e. The van der Waals surface area contributed by atoms with Gasteiger partial charge in [0.2, 0.25) is 17.8 Å². The van der Waals surface area contributed by atoms with E-state index in [1.54, 1.807) is 0 Å². The molecule has 3 heterocycles. The van der Waals surface area contributed by atoms with Gasteiger partial charge < -0.3 is 26.0 Å². The summed E-state index contributed by atoms with van der Waals surface area (Å²) >= 11 is 0. The number of rotatable bonds is 4. The Morgan fingerprint density at radius 1 is 1.29 bits per heavy atom. The molecule has 10 heteroatoms. The third-order valence-corrected chi connectivity index (χ3v) is 4.37. The van der Waals surface area contributed by atoms with Gasteiger partial charge in [0.15, 0.2) is 0 Å². The summed E-state index contributed by atoms with van der Waals surface area (Å²) in [6, 6.07) is 0. The number of nitrogens with two attached hydrogens (primary N) is 1. The molecule has 0 spiro atoms. The summed E-state index contributed by atoms with van der Waals surface area (Å²) in [5.74, 6) is 0.242. The second-order valence-corrected chi connectivity index (χ2v) is 6.08. The molecule has 3 rings (SSSR count). The van der Waals surface area contributed by atoms with Crippen molar-refractivity contribution in [3.8, 4) is 0 Å². The normalized spacial score (nSPS) is 24.6. The Bertz CT molecular complexity index is 585. The van der Waals surface area contributed by atoms with Crippen molar-refractivity contribution < 1.29 is 14.3 Å². The quantitative estimate of drug-likeness (QED) is 0.503. The molecule has 24 heavy (non-hydrogen) atoms. The topological polar surface area (TPSA) is 138 Å². The molecule has 2 saturated heterocycles. The Morgan fingerprint density at radius 3 is 2.75 bits per heavy atom. The number of nitrogens with zero attached hydrogens (tertiary/aromatic N) is 3. The number of hydrogen-bond donors (Lipinski definition) is 4. The number of aromatic amines is 1. The number of ether oxygens (including phenoxy) is 1. The number of aromatic nitrogens is 3. The first-order valence-electron chi connectivity index (χ1n) is 8.15. The second kappa shape index (κ2) is 7.58. The fourth-order valence-corrected chi connectivity index (χ4v) is 3.08. The van der Waals surface area contributed by atoms with Crippen LogP contribution in [0.2, 0.25) is 0 Å². The number of piperidine rings is 1. The van der Waals surface area contributed by atoms with Crippen LogP contribution in [0, 0.1) is 11.8 Å². The molecular weight excluding hydrogens is 314 g/mol. The first-order chi connectivity index (χ1) is 11.6. The first-order valence-corrected chi connectivity index (χ1v) is 8.15. The maximum Gasteiger partial charge on any atom is 0.239 e. The maximum atomic E-state index is 12.6. The van der Waals surface area contributed by atoms with Crippen LogP contribution in [-0.4, -0.2) is 71.3 Å². The third kappa shape index (κ3) is 4.01. The molecule has 0 unspecified atom stereocenters. The first kappa shape index (κ1) is 16.7. The van der Waals surface area contributed by atoms with Crippen molar-refractivity contribution in [1.29, 1.82) is 0 Å². The molecule has 10 nitrogen and oxygen atoms in total. The molecule has 1 aromatic rings. The summed E-state index contributed by atoms with van der Waals surface area (Å²) in [6.45, 7) is 3.82. The molecule has 0 bridgehead atoms. The Morgan fingerprint density at radius 2 is 2.04 bits per heavy atom. The molecule has 0 radical (unpaired) electrons. The van der Waals surface area contributed by atoms with Gasteiger partial charge in [-0.05, 0) is 6.42 Å². The van der Waals surface area contributed by atoms with E-state index >= 15 is 0 Å². The molecule has 0 aliphatic carbocycles. The highest BCUT2D eigenvalue weighted by molar-refractivity contribution is 5.83. The number of carbonyl (C=O) groups is 2. The number of H-pyrrole nitrogens is 1. The van der Waals surface area contributed by atoms with Gasteiger partial charge in [-0.3, -0.25) is 14.7 Å². The molecule has 0 saturated carbocycles. The van der Waals surface area contributed by atoms with Gasteiger partial charge in [-0.15, -0.1) is 5.10 Å². The van der Waals surface area contributed by atoms with Crippen LogP contribution in [0.1, 0.15) is 12.2 Å². The van der Waals surface area contributed by atoms with Crippen LogP contribution in [0.4, 0.5) is 5.95 Å². The van der Waals surface area contributed by atoms with Crippen LogP contribution < -0.4 is 16.4 Å². The average Bonchev–Trinajstić information content (AvgIpc) is 3.05. The molecule has 2 amide bonds. The van der Waals surface area contributed by atoms with Gasteiger partial charge in [0.1, 0.15) is 5.82 Å². The van der Waals surface area contributed by atoms with E-state index in [1.807, 2.05) is 4.90 Å². The van der Waals surface area contributed by atoms with Crippen LogP contribution >= 0.6 is 0 Å². The predicted molar refractivity (Wildman–Crippen MR) is 84.5 cm³/mol. The van der Waals surface area contributed by atoms with Crippen molar-refractivity contribution in [3.05, 3.63) is 5.82 Å². The van der Waals surface area contributed by atoms with Crippen LogP contribution in [0.25, 0.3) is 0 Å². The van der Waals surface area contributed by atoms with Gasteiger partial charge in [-0.2, -0.15) is 4.98 Å². The van der Waals surface area contributed by atoms with Crippen molar-refractivity contribution in [1.82, 2.24) is 30.7 Å². The number of nitrogens with one attached hydrogen (secondary N) is 3. The molecule has 2 fully saturated rings. The number of nitrogen functional groups attached to an aromatic ring is 1. The Kier molecular flexibility index (Phi) is 5.26. The van der Waals surface area contributed by atoms with E-state index in [1.165, 1.54) is 0 Å². The van der Waals surface area contributed by atoms with Gasteiger partial charge >= 0.3 is 0 Å². The highest BCUT2D eigenvalue weighted by Gasteiger charge is 2.33. The molecule has 132 valence electrons. The average molecular weight is 337 g/mol. The maximum absolute atomic E-state index is 12.6. The van der Waals surface area contributed by atoms with Crippen LogP contribution in [0.5, 0.6) is 0 Å². The summed E-state index contributed by atoms with van der Waals surface area (Å²) < 4.78 is 5.28. The second-order valence-electron chi connectivity index (χ2n) is 6.08. The lowest BCUT2D eigenvalue weighted by atomic mass is 9.88. The van der Waals surface area contributed by atoms with Gasteiger partial charge in [0.05, 0.1) is 31.6 Å². The van der Waals surface area contributed by atoms with Crippen molar-refractivity contribution in [2.24, 2.45) is 11.8 Å². The standard InChI is InChI=1S/C14H23N7O3/c15-14-18-11(19-20-14)8-17-12(22)9-5-10(7-16-6-9)13(23)21-1-3-24-4-2-21/h9-10,16H,1-8H2,(H,17,22)(H3,15,18,19,20)/t9-,10+/m1/s1. The monoisotopic (exact) mass is 337 g/mol. The van der Waals surface area contributed by atoms with Crippen LogP contribution in [0.15, 0.2) is 0 Å². The highest BCUT2D eigenvalue weighted by Crippen LogP contribution is 2.19. The number of amides is 2. The van der Waals surface area contributed by atoms with E-state index in [4.69, 9.17) is 10.5 Å². The lowest BCUT2D eigenvalue weighted by molar-refractivity contribution is -0.141. The minimum absolute atomic E-state index is 0.100. The third-order valence-electron chi connectivity index (χ3n) is 4.37. The van der Waals surface area contributed by atoms with E-state index < -0.39 is 0 Å². The number of hydrogen-bond acceptors (Lipinski definition) is 7. The van der Waals surface area contributed by atoms with E-state index in [9.17, 15) is 9.59 Å². The number of carbonyl (C=O) groups excluding carboxylic acids is 2. The lowest BCUT2D eigenvalue weighted by Crippen LogP contribution is -2.51. The molecule has 1 aromatic heterocycles. The van der Waals surface area contributed by atoms with Crippen LogP contribution in [-0.2, 0) is 20.9 Å². The van der Waals surface area contributed by atoms with E-state index in [2.05, 4.69) is 25.8 Å². The number of morpholine rings is 1. The zero-order chi connectivity index (χ0) is 16.9. The SMILES string of the molecule is Nc1n[nH]c(CNC(=O)[C@H]2CNC[C@@H](C(=O)N3CCOCC3)C2)n1. The van der Waals surface area contributed by atoms with E-state index in [0.29, 0.717) is 51.6 Å². The van der Waals surface area contributed by atoms with E-state index in [0.717, 1.165) is 0 Å². The molecule has 2 atom stereocenters. The molecule has 2 aliphatic rings. The predicted octanol–water partition coefficient (Wildman–Crippen LogP) is -1.91. The molecule has 2 aliphatic heterocycles. The van der Waals surface area contributed by atoms with Crippen molar-refractivity contribution in [2.45, 2.75) is 13.0 Å². The van der Waals surface area contributed by atoms with Crippen molar-refractivity contribution >= 4 is 17.8 Å². The summed E-state index contributed by atoms with van der Waals surface area (Å²) in [5, 5.41) is 12.4. The minimum Gasteiger partial charge on any atom is -0.378 e. The number of anilines is 1. The molecule has 5 N–H and O–H groups in total. The summed E-state index contributed by atoms with van der Waals surface area (Å²) in [4.78, 5) is 30.7. The fourth-order valence-electron chi connectivity index (χ4n) is 3.08. The lowest BCUT2D eigenvalue weighted by Gasteiger charge is -2.34. The van der Waals surface area contributed by atoms with Gasteiger partial charge in [0, 0.05) is 26.2 Å². The highest BCUT2D eigenvalue weighted by atomic mass is 16.5.